The Balaban J connectivity index is 2.54. The van der Waals surface area contributed by atoms with E-state index in [0.29, 0.717) is 18.7 Å². The van der Waals surface area contributed by atoms with Gasteiger partial charge in [0.1, 0.15) is 0 Å². The van der Waals surface area contributed by atoms with Crippen LogP contribution in [-0.4, -0.2) is 24.0 Å². The minimum absolute atomic E-state index is 0.248. The summed E-state index contributed by atoms with van der Waals surface area (Å²) in [6, 6.07) is 9.76. The molecule has 0 radical (unpaired) electrons. The number of nitriles is 1. The van der Waals surface area contributed by atoms with E-state index in [1.165, 1.54) is 0 Å². The highest BCUT2D eigenvalue weighted by Crippen LogP contribution is 2.12. The van der Waals surface area contributed by atoms with Gasteiger partial charge >= 0.3 is 0 Å². The molecule has 0 heterocycles. The number of hydrogen-bond acceptors (Lipinski definition) is 4. The first-order chi connectivity index (χ1) is 7.76. The second kappa shape index (κ2) is 6.99. The molecule has 1 rings (SSSR count). The molecule has 0 bridgehead atoms. The van der Waals surface area contributed by atoms with Crippen LogP contribution < -0.4 is 5.32 Å². The zero-order valence-corrected chi connectivity index (χ0v) is 10.2. The van der Waals surface area contributed by atoms with Gasteiger partial charge in [0.15, 0.2) is 0 Å². The van der Waals surface area contributed by atoms with Gasteiger partial charge in [-0.3, -0.25) is 5.32 Å². The van der Waals surface area contributed by atoms with Gasteiger partial charge in [0, 0.05) is 17.4 Å². The van der Waals surface area contributed by atoms with Gasteiger partial charge in [-0.1, -0.05) is 33.2 Å². The molecule has 0 saturated heterocycles. The summed E-state index contributed by atoms with van der Waals surface area (Å²) in [5.41, 5.74) is 1.66. The third kappa shape index (κ3) is 4.43. The maximum absolute atomic E-state index is 8.81. The molecule has 16 heavy (non-hydrogen) atoms. The molecule has 0 atom stereocenters. The SMILES string of the molecule is N#CCNCC(Cc1cccc(Br)c1)=NO. The van der Waals surface area contributed by atoms with Crippen molar-refractivity contribution >= 4 is 21.6 Å². The van der Waals surface area contributed by atoms with Crippen molar-refractivity contribution in [2.75, 3.05) is 13.1 Å². The van der Waals surface area contributed by atoms with E-state index in [0.717, 1.165) is 10.0 Å². The van der Waals surface area contributed by atoms with Crippen molar-refractivity contribution in [1.29, 1.82) is 5.26 Å². The first-order valence-corrected chi connectivity index (χ1v) is 5.57. The van der Waals surface area contributed by atoms with Gasteiger partial charge in [-0.05, 0) is 17.7 Å². The number of nitrogens with one attached hydrogen (secondary N) is 1. The van der Waals surface area contributed by atoms with Crippen LogP contribution in [0.15, 0.2) is 33.9 Å². The fourth-order valence-corrected chi connectivity index (χ4v) is 1.73. The molecule has 0 fully saturated rings. The van der Waals surface area contributed by atoms with Crippen molar-refractivity contribution in [2.45, 2.75) is 6.42 Å². The van der Waals surface area contributed by atoms with E-state index in [-0.39, 0.29) is 6.54 Å². The highest BCUT2D eigenvalue weighted by molar-refractivity contribution is 9.10. The fourth-order valence-electron chi connectivity index (χ4n) is 1.28. The Morgan fingerprint density at radius 2 is 2.38 bits per heavy atom. The van der Waals surface area contributed by atoms with Crippen LogP contribution >= 0.6 is 15.9 Å². The number of nitrogens with zero attached hydrogens (tertiary/aromatic N) is 2. The number of halogens is 1. The summed E-state index contributed by atoms with van der Waals surface area (Å²) in [6.45, 7) is 0.661. The van der Waals surface area contributed by atoms with Crippen LogP contribution in [0.5, 0.6) is 0 Å². The second-order valence-electron chi connectivity index (χ2n) is 3.23. The summed E-state index contributed by atoms with van der Waals surface area (Å²) in [5, 5.41) is 23.2. The normalized spacial score (nSPS) is 11.1. The predicted octanol–water partition coefficient (Wildman–Crippen LogP) is 1.93. The van der Waals surface area contributed by atoms with E-state index >= 15 is 0 Å². The Kier molecular flexibility index (Phi) is 5.54. The summed E-state index contributed by atoms with van der Waals surface area (Å²) in [5.74, 6) is 0. The summed E-state index contributed by atoms with van der Waals surface area (Å²) in [6.07, 6.45) is 0.564. The van der Waals surface area contributed by atoms with E-state index in [1.54, 1.807) is 0 Å². The molecule has 5 heteroatoms. The molecular formula is C11H12BrN3O. The Morgan fingerprint density at radius 1 is 1.56 bits per heavy atom. The maximum atomic E-state index is 8.81. The monoisotopic (exact) mass is 281 g/mol. The van der Waals surface area contributed by atoms with Crippen LogP contribution in [0.4, 0.5) is 0 Å². The smallest absolute Gasteiger partial charge is 0.0844 e. The van der Waals surface area contributed by atoms with E-state index in [9.17, 15) is 0 Å². The lowest BCUT2D eigenvalue weighted by atomic mass is 10.1. The average Bonchev–Trinajstić information content (AvgIpc) is 2.28. The van der Waals surface area contributed by atoms with Crippen LogP contribution in [0, 0.1) is 11.3 Å². The number of rotatable bonds is 5. The van der Waals surface area contributed by atoms with Crippen LogP contribution in [0.3, 0.4) is 0 Å². The molecule has 4 nitrogen and oxygen atoms in total. The molecule has 0 aliphatic rings. The van der Waals surface area contributed by atoms with Crippen molar-refractivity contribution in [1.82, 2.24) is 5.32 Å². The van der Waals surface area contributed by atoms with Crippen molar-refractivity contribution < 1.29 is 5.21 Å². The van der Waals surface area contributed by atoms with Crippen molar-refractivity contribution in [2.24, 2.45) is 5.16 Å². The topological polar surface area (TPSA) is 68.4 Å². The lowest BCUT2D eigenvalue weighted by Gasteiger charge is -2.04. The fraction of sp³-hybridized carbons (Fsp3) is 0.273. The first kappa shape index (κ1) is 12.7. The molecule has 84 valence electrons. The van der Waals surface area contributed by atoms with Crippen molar-refractivity contribution in [3.63, 3.8) is 0 Å². The number of benzene rings is 1. The van der Waals surface area contributed by atoms with Gasteiger partial charge in [-0.25, -0.2) is 0 Å². The lowest BCUT2D eigenvalue weighted by molar-refractivity contribution is 0.317. The molecular weight excluding hydrogens is 270 g/mol. The largest absolute Gasteiger partial charge is 0.411 e. The lowest BCUT2D eigenvalue weighted by Crippen LogP contribution is -2.24. The van der Waals surface area contributed by atoms with Crippen LogP contribution in [0.2, 0.25) is 0 Å². The molecule has 0 aromatic heterocycles. The van der Waals surface area contributed by atoms with E-state index in [4.69, 9.17) is 10.5 Å². The highest BCUT2D eigenvalue weighted by Gasteiger charge is 2.02. The first-order valence-electron chi connectivity index (χ1n) is 4.78. The predicted molar refractivity (Wildman–Crippen MR) is 65.6 cm³/mol. The molecule has 0 unspecified atom stereocenters. The molecule has 2 N–H and O–H groups in total. The van der Waals surface area contributed by atoms with Crippen LogP contribution in [-0.2, 0) is 6.42 Å². The van der Waals surface area contributed by atoms with Gasteiger partial charge in [-0.2, -0.15) is 5.26 Å². The van der Waals surface area contributed by atoms with E-state index in [1.807, 2.05) is 30.3 Å². The number of oxime groups is 1. The van der Waals surface area contributed by atoms with E-state index < -0.39 is 0 Å². The Labute approximate surface area is 103 Å². The third-order valence-electron chi connectivity index (χ3n) is 1.97. The molecule has 0 amide bonds. The quantitative estimate of drug-likeness (QED) is 0.285. The van der Waals surface area contributed by atoms with Gasteiger partial charge < -0.3 is 5.21 Å². The highest BCUT2D eigenvalue weighted by atomic mass is 79.9. The molecule has 1 aromatic carbocycles. The van der Waals surface area contributed by atoms with Crippen molar-refractivity contribution in [3.05, 3.63) is 34.3 Å². The van der Waals surface area contributed by atoms with Crippen molar-refractivity contribution in [3.8, 4) is 6.07 Å². The molecule has 0 spiro atoms. The third-order valence-corrected chi connectivity index (χ3v) is 2.46. The van der Waals surface area contributed by atoms with Gasteiger partial charge in [0.2, 0.25) is 0 Å². The van der Waals surface area contributed by atoms with Crippen LogP contribution in [0.25, 0.3) is 0 Å². The molecule has 1 aromatic rings. The standard InChI is InChI=1S/C11H12BrN3O/c12-10-3-1-2-9(6-10)7-11(15-16)8-14-5-4-13/h1-3,6,14,16H,5,7-8H2. The average molecular weight is 282 g/mol. The molecule has 0 saturated carbocycles. The van der Waals surface area contributed by atoms with Gasteiger partial charge in [0.25, 0.3) is 0 Å². The molecule has 0 aliphatic carbocycles. The maximum Gasteiger partial charge on any atom is 0.0844 e. The number of hydrogen-bond donors (Lipinski definition) is 2. The minimum Gasteiger partial charge on any atom is -0.411 e. The Hall–Kier alpha value is -1.38. The van der Waals surface area contributed by atoms with Crippen LogP contribution in [0.1, 0.15) is 5.56 Å². The zero-order valence-electron chi connectivity index (χ0n) is 8.65. The zero-order chi connectivity index (χ0) is 11.8. The van der Waals surface area contributed by atoms with Gasteiger partial charge in [-0.15, -0.1) is 0 Å². The summed E-state index contributed by atoms with van der Waals surface area (Å²) >= 11 is 3.38. The summed E-state index contributed by atoms with van der Waals surface area (Å²) in [4.78, 5) is 0. The summed E-state index contributed by atoms with van der Waals surface area (Å²) < 4.78 is 0.993. The Morgan fingerprint density at radius 3 is 3.00 bits per heavy atom. The second-order valence-corrected chi connectivity index (χ2v) is 4.15. The molecule has 0 aliphatic heterocycles. The van der Waals surface area contributed by atoms with E-state index in [2.05, 4.69) is 26.4 Å². The Bertz CT molecular complexity index is 412. The minimum atomic E-state index is 0.248. The van der Waals surface area contributed by atoms with Gasteiger partial charge in [0.05, 0.1) is 18.3 Å². The summed E-state index contributed by atoms with van der Waals surface area (Å²) in [7, 11) is 0.